The Bertz CT molecular complexity index is 392. The minimum absolute atomic E-state index is 0.102. The van der Waals surface area contributed by atoms with Gasteiger partial charge in [-0.1, -0.05) is 25.7 Å². The number of rotatable bonds is 2. The molecule has 1 atom stereocenters. The molecular weight excluding hydrogens is 224 g/mol. The molecule has 4 heteroatoms. The molecule has 1 aromatic heterocycles. The summed E-state index contributed by atoms with van der Waals surface area (Å²) in [4.78, 5) is 0. The van der Waals surface area contributed by atoms with E-state index in [0.29, 0.717) is 5.92 Å². The molecule has 2 N–H and O–H groups in total. The Hall–Kier alpha value is -0.900. The topological polar surface area (TPSA) is 56.7 Å². The van der Waals surface area contributed by atoms with Crippen LogP contribution in [-0.2, 0) is 13.0 Å². The van der Waals surface area contributed by atoms with E-state index in [4.69, 9.17) is 5.73 Å². The van der Waals surface area contributed by atoms with Gasteiger partial charge in [0, 0.05) is 13.0 Å². The number of hydrogen-bond donors (Lipinski definition) is 1. The fourth-order valence-corrected chi connectivity index (χ4v) is 3.46. The fourth-order valence-electron chi connectivity index (χ4n) is 3.46. The van der Waals surface area contributed by atoms with Crippen molar-refractivity contribution < 1.29 is 0 Å². The lowest BCUT2D eigenvalue weighted by Gasteiger charge is -2.27. The number of nitrogens with two attached hydrogens (primary N) is 1. The van der Waals surface area contributed by atoms with Gasteiger partial charge in [0.05, 0.1) is 6.04 Å². The second-order valence-corrected chi connectivity index (χ2v) is 5.86. The van der Waals surface area contributed by atoms with Crippen molar-refractivity contribution >= 4 is 0 Å². The molecule has 0 bridgehead atoms. The molecule has 1 aliphatic carbocycles. The van der Waals surface area contributed by atoms with Gasteiger partial charge in [-0.25, -0.2) is 0 Å². The molecule has 1 saturated carbocycles. The lowest BCUT2D eigenvalue weighted by atomic mass is 9.84. The Kier molecular flexibility index (Phi) is 3.64. The van der Waals surface area contributed by atoms with Crippen LogP contribution in [0.2, 0.25) is 0 Å². The first-order valence-corrected chi connectivity index (χ1v) is 7.54. The number of fused-ring (bicyclic) bond motifs is 1. The molecule has 0 saturated heterocycles. The summed E-state index contributed by atoms with van der Waals surface area (Å²) in [7, 11) is 0. The van der Waals surface area contributed by atoms with Crippen LogP contribution in [0.4, 0.5) is 0 Å². The largest absolute Gasteiger partial charge is 0.321 e. The second kappa shape index (κ2) is 5.39. The smallest absolute Gasteiger partial charge is 0.150 e. The second-order valence-electron chi connectivity index (χ2n) is 5.86. The lowest BCUT2D eigenvalue weighted by Crippen LogP contribution is -2.27. The third-order valence-electron chi connectivity index (χ3n) is 4.59. The highest BCUT2D eigenvalue weighted by molar-refractivity contribution is 5.04. The number of hydrogen-bond acceptors (Lipinski definition) is 3. The van der Waals surface area contributed by atoms with Crippen molar-refractivity contribution in [3.8, 4) is 0 Å². The van der Waals surface area contributed by atoms with Crippen LogP contribution in [0.5, 0.6) is 0 Å². The SMILES string of the molecule is NC(c1nnc2n1CCCCC2)C1CCCCC1. The molecule has 3 rings (SSSR count). The van der Waals surface area contributed by atoms with Crippen molar-refractivity contribution in [1.82, 2.24) is 14.8 Å². The van der Waals surface area contributed by atoms with Crippen molar-refractivity contribution in [2.75, 3.05) is 0 Å². The predicted octanol–water partition coefficient (Wildman–Crippen LogP) is 2.58. The average Bonchev–Trinajstić information content (AvgIpc) is 2.68. The number of aromatic nitrogens is 3. The van der Waals surface area contributed by atoms with Crippen LogP contribution in [0.1, 0.15) is 69.1 Å². The molecule has 0 spiro atoms. The zero-order valence-corrected chi connectivity index (χ0v) is 11.1. The van der Waals surface area contributed by atoms with E-state index in [9.17, 15) is 0 Å². The van der Waals surface area contributed by atoms with Crippen molar-refractivity contribution in [3.05, 3.63) is 11.6 Å². The number of aryl methyl sites for hydroxylation is 1. The van der Waals surface area contributed by atoms with E-state index in [1.165, 1.54) is 51.4 Å². The Morgan fingerprint density at radius 1 is 1.00 bits per heavy atom. The Morgan fingerprint density at radius 2 is 1.78 bits per heavy atom. The molecule has 0 amide bonds. The van der Waals surface area contributed by atoms with Gasteiger partial charge in [0.15, 0.2) is 0 Å². The Morgan fingerprint density at radius 3 is 2.61 bits per heavy atom. The van der Waals surface area contributed by atoms with E-state index in [1.807, 2.05) is 0 Å². The highest BCUT2D eigenvalue weighted by atomic mass is 15.3. The maximum Gasteiger partial charge on any atom is 0.150 e. The molecule has 1 aliphatic heterocycles. The summed E-state index contributed by atoms with van der Waals surface area (Å²) in [5, 5.41) is 8.77. The molecule has 1 unspecified atom stereocenters. The summed E-state index contributed by atoms with van der Waals surface area (Å²) in [6.45, 7) is 1.07. The van der Waals surface area contributed by atoms with Gasteiger partial charge >= 0.3 is 0 Å². The highest BCUT2D eigenvalue weighted by Gasteiger charge is 2.27. The van der Waals surface area contributed by atoms with Gasteiger partial charge in [0.2, 0.25) is 0 Å². The summed E-state index contributed by atoms with van der Waals surface area (Å²) < 4.78 is 2.31. The normalized spacial score (nSPS) is 23.4. The zero-order chi connectivity index (χ0) is 12.4. The van der Waals surface area contributed by atoms with Gasteiger partial charge in [-0.05, 0) is 31.6 Å². The van der Waals surface area contributed by atoms with E-state index in [2.05, 4.69) is 14.8 Å². The highest BCUT2D eigenvalue weighted by Crippen LogP contribution is 2.32. The first-order valence-electron chi connectivity index (χ1n) is 7.54. The maximum absolute atomic E-state index is 6.47. The van der Waals surface area contributed by atoms with E-state index >= 15 is 0 Å². The molecule has 0 radical (unpaired) electrons. The van der Waals surface area contributed by atoms with Gasteiger partial charge in [0.1, 0.15) is 11.6 Å². The van der Waals surface area contributed by atoms with Crippen LogP contribution >= 0.6 is 0 Å². The summed E-state index contributed by atoms with van der Waals surface area (Å²) >= 11 is 0. The Balaban J connectivity index is 1.80. The molecule has 2 aliphatic rings. The average molecular weight is 248 g/mol. The molecule has 0 aromatic carbocycles. The minimum atomic E-state index is 0.102. The van der Waals surface area contributed by atoms with Gasteiger partial charge in [-0.15, -0.1) is 10.2 Å². The molecule has 100 valence electrons. The van der Waals surface area contributed by atoms with Crippen molar-refractivity contribution in [3.63, 3.8) is 0 Å². The fraction of sp³-hybridized carbons (Fsp3) is 0.857. The van der Waals surface area contributed by atoms with Crippen LogP contribution in [0.25, 0.3) is 0 Å². The quantitative estimate of drug-likeness (QED) is 0.875. The summed E-state index contributed by atoms with van der Waals surface area (Å²) in [5.74, 6) is 2.84. The Labute approximate surface area is 109 Å². The van der Waals surface area contributed by atoms with Gasteiger partial charge in [-0.3, -0.25) is 0 Å². The zero-order valence-electron chi connectivity index (χ0n) is 11.1. The van der Waals surface area contributed by atoms with Crippen molar-refractivity contribution in [2.45, 2.75) is 70.4 Å². The van der Waals surface area contributed by atoms with Gasteiger partial charge in [0.25, 0.3) is 0 Å². The van der Waals surface area contributed by atoms with E-state index in [0.717, 1.165) is 24.6 Å². The third kappa shape index (κ3) is 2.30. The van der Waals surface area contributed by atoms with Gasteiger partial charge in [-0.2, -0.15) is 0 Å². The number of nitrogens with zero attached hydrogens (tertiary/aromatic N) is 3. The van der Waals surface area contributed by atoms with Crippen LogP contribution in [0, 0.1) is 5.92 Å². The first-order chi connectivity index (χ1) is 8.86. The minimum Gasteiger partial charge on any atom is -0.321 e. The van der Waals surface area contributed by atoms with E-state index in [-0.39, 0.29) is 6.04 Å². The molecule has 4 nitrogen and oxygen atoms in total. The molecule has 1 aromatic rings. The summed E-state index contributed by atoms with van der Waals surface area (Å²) in [6.07, 6.45) is 11.4. The summed E-state index contributed by atoms with van der Waals surface area (Å²) in [6, 6.07) is 0.102. The third-order valence-corrected chi connectivity index (χ3v) is 4.59. The van der Waals surface area contributed by atoms with E-state index in [1.54, 1.807) is 0 Å². The standard InChI is InChI=1S/C14H24N4/c15-13(11-7-3-1-4-8-11)14-17-16-12-9-5-2-6-10-18(12)14/h11,13H,1-10,15H2. The summed E-state index contributed by atoms with van der Waals surface area (Å²) in [5.41, 5.74) is 6.47. The van der Waals surface area contributed by atoms with E-state index < -0.39 is 0 Å². The van der Waals surface area contributed by atoms with Crippen LogP contribution in [0.3, 0.4) is 0 Å². The molecule has 18 heavy (non-hydrogen) atoms. The monoisotopic (exact) mass is 248 g/mol. The lowest BCUT2D eigenvalue weighted by molar-refractivity contribution is 0.295. The molecular formula is C14H24N4. The van der Waals surface area contributed by atoms with Crippen LogP contribution < -0.4 is 5.73 Å². The first kappa shape index (κ1) is 12.2. The maximum atomic E-state index is 6.47. The van der Waals surface area contributed by atoms with Crippen LogP contribution in [0.15, 0.2) is 0 Å². The molecule has 2 heterocycles. The van der Waals surface area contributed by atoms with Gasteiger partial charge < -0.3 is 10.3 Å². The van der Waals surface area contributed by atoms with Crippen molar-refractivity contribution in [2.24, 2.45) is 11.7 Å². The predicted molar refractivity (Wildman–Crippen MR) is 71.1 cm³/mol. The van der Waals surface area contributed by atoms with Crippen LogP contribution in [-0.4, -0.2) is 14.8 Å². The molecule has 1 fully saturated rings. The van der Waals surface area contributed by atoms with Crippen molar-refractivity contribution in [1.29, 1.82) is 0 Å².